The van der Waals surface area contributed by atoms with Gasteiger partial charge in [0.2, 0.25) is 0 Å². The number of carbonyl (C=O) groups excluding carboxylic acids is 2. The van der Waals surface area contributed by atoms with Crippen molar-refractivity contribution in [1.82, 2.24) is 0 Å². The van der Waals surface area contributed by atoms with E-state index < -0.39 is 17.7 Å². The van der Waals surface area contributed by atoms with E-state index in [4.69, 9.17) is 11.6 Å². The lowest BCUT2D eigenvalue weighted by Crippen LogP contribution is -2.29. The zero-order chi connectivity index (χ0) is 20.5. The number of nitrogens with zero attached hydrogens (tertiary/aromatic N) is 1. The van der Waals surface area contributed by atoms with Gasteiger partial charge in [0.15, 0.2) is 0 Å². The van der Waals surface area contributed by atoms with E-state index in [2.05, 4.69) is 0 Å². The summed E-state index contributed by atoms with van der Waals surface area (Å²) in [4.78, 5) is 27.4. The van der Waals surface area contributed by atoms with Crippen LogP contribution in [-0.4, -0.2) is 16.8 Å². The van der Waals surface area contributed by atoms with Crippen LogP contribution in [0.25, 0.3) is 5.76 Å². The van der Waals surface area contributed by atoms with Gasteiger partial charge < -0.3 is 5.11 Å². The molecule has 1 N–H and O–H groups in total. The molecule has 0 aromatic heterocycles. The van der Waals surface area contributed by atoms with E-state index in [0.29, 0.717) is 21.8 Å². The fourth-order valence-corrected chi connectivity index (χ4v) is 3.64. The van der Waals surface area contributed by atoms with Gasteiger partial charge in [0.05, 0.1) is 11.6 Å². The monoisotopic (exact) mass is 403 g/mol. The van der Waals surface area contributed by atoms with Gasteiger partial charge in [0, 0.05) is 16.3 Å². The van der Waals surface area contributed by atoms with Crippen LogP contribution in [0.4, 0.5) is 5.69 Å². The molecule has 4 nitrogen and oxygen atoms in total. The lowest BCUT2D eigenvalue weighted by Gasteiger charge is -2.25. The molecule has 0 unspecified atom stereocenters. The third-order valence-corrected chi connectivity index (χ3v) is 5.24. The number of carbonyl (C=O) groups is 2. The zero-order valence-corrected chi connectivity index (χ0v) is 16.4. The Morgan fingerprint density at radius 2 is 1.52 bits per heavy atom. The van der Waals surface area contributed by atoms with E-state index in [1.165, 1.54) is 4.90 Å². The molecule has 0 bridgehead atoms. The Labute approximate surface area is 173 Å². The Morgan fingerprint density at radius 1 is 0.897 bits per heavy atom. The number of Topliss-reactive ketones (excluding diaryl/α,β-unsaturated/α-hetero) is 1. The fraction of sp³-hybridized carbons (Fsp3) is 0.0833. The van der Waals surface area contributed by atoms with Gasteiger partial charge in [-0.3, -0.25) is 14.5 Å². The molecule has 0 aliphatic carbocycles. The maximum absolute atomic E-state index is 13.0. The van der Waals surface area contributed by atoms with Gasteiger partial charge in [0.1, 0.15) is 5.76 Å². The van der Waals surface area contributed by atoms with Crippen LogP contribution in [0.1, 0.15) is 22.7 Å². The highest BCUT2D eigenvalue weighted by molar-refractivity contribution is 6.51. The molecular weight excluding hydrogens is 386 g/mol. The first-order valence-corrected chi connectivity index (χ1v) is 9.53. The maximum Gasteiger partial charge on any atom is 0.300 e. The van der Waals surface area contributed by atoms with Gasteiger partial charge in [-0.2, -0.15) is 0 Å². The van der Waals surface area contributed by atoms with E-state index in [0.717, 1.165) is 5.56 Å². The molecular formula is C24H18ClNO3. The first kappa shape index (κ1) is 19.0. The zero-order valence-electron chi connectivity index (χ0n) is 15.7. The minimum absolute atomic E-state index is 0.0593. The highest BCUT2D eigenvalue weighted by Gasteiger charge is 2.46. The number of anilines is 1. The van der Waals surface area contributed by atoms with Crippen LogP contribution in [-0.2, 0) is 9.59 Å². The van der Waals surface area contributed by atoms with Crippen molar-refractivity contribution in [3.05, 3.63) is 106 Å². The summed E-state index contributed by atoms with van der Waals surface area (Å²) in [5, 5.41) is 11.5. The Morgan fingerprint density at radius 3 is 2.14 bits per heavy atom. The molecule has 1 aliphatic heterocycles. The first-order chi connectivity index (χ1) is 14.0. The molecule has 0 saturated carbocycles. The average molecular weight is 404 g/mol. The standard InChI is InChI=1S/C24H18ClNO3/c1-15-7-13-19(14-8-15)26-21(16-9-11-18(25)12-10-16)20(23(28)24(26)29)22(27)17-5-3-2-4-6-17/h2-14,21,27H,1H3/t21-/m0/s1. The lowest BCUT2D eigenvalue weighted by atomic mass is 9.95. The molecule has 3 aromatic rings. The van der Waals surface area contributed by atoms with E-state index in [9.17, 15) is 14.7 Å². The topological polar surface area (TPSA) is 57.6 Å². The highest BCUT2D eigenvalue weighted by atomic mass is 35.5. The number of halogens is 1. The molecule has 1 heterocycles. The Hall–Kier alpha value is -3.37. The summed E-state index contributed by atoms with van der Waals surface area (Å²) in [5.74, 6) is -1.59. The number of benzene rings is 3. The van der Waals surface area contributed by atoms with Crippen molar-refractivity contribution < 1.29 is 14.7 Å². The van der Waals surface area contributed by atoms with Crippen molar-refractivity contribution in [2.75, 3.05) is 4.90 Å². The minimum Gasteiger partial charge on any atom is -0.507 e. The Balaban J connectivity index is 1.94. The lowest BCUT2D eigenvalue weighted by molar-refractivity contribution is -0.132. The highest BCUT2D eigenvalue weighted by Crippen LogP contribution is 2.42. The number of amides is 1. The summed E-state index contributed by atoms with van der Waals surface area (Å²) < 4.78 is 0. The van der Waals surface area contributed by atoms with E-state index in [1.54, 1.807) is 60.7 Å². The van der Waals surface area contributed by atoms with Crippen LogP contribution >= 0.6 is 11.6 Å². The van der Waals surface area contributed by atoms with Gasteiger partial charge in [-0.15, -0.1) is 0 Å². The van der Waals surface area contributed by atoms with Crippen LogP contribution in [0, 0.1) is 6.92 Å². The van der Waals surface area contributed by atoms with Crippen LogP contribution in [0.3, 0.4) is 0 Å². The largest absolute Gasteiger partial charge is 0.507 e. The molecule has 1 amide bonds. The van der Waals surface area contributed by atoms with Gasteiger partial charge in [0.25, 0.3) is 11.7 Å². The smallest absolute Gasteiger partial charge is 0.300 e. The summed E-state index contributed by atoms with van der Waals surface area (Å²) in [6.45, 7) is 1.95. The molecule has 29 heavy (non-hydrogen) atoms. The van der Waals surface area contributed by atoms with E-state index in [-0.39, 0.29) is 11.3 Å². The Bertz CT molecular complexity index is 1100. The normalized spacial score (nSPS) is 18.3. The van der Waals surface area contributed by atoms with Gasteiger partial charge >= 0.3 is 0 Å². The summed E-state index contributed by atoms with van der Waals surface area (Å²) in [6, 6.07) is 22.3. The van der Waals surface area contributed by atoms with Crippen LogP contribution in [0.5, 0.6) is 0 Å². The third kappa shape index (κ3) is 3.43. The van der Waals surface area contributed by atoms with Crippen molar-refractivity contribution >= 4 is 34.7 Å². The van der Waals surface area contributed by atoms with Crippen molar-refractivity contribution in [3.63, 3.8) is 0 Å². The van der Waals surface area contributed by atoms with Gasteiger partial charge in [-0.05, 0) is 36.8 Å². The second kappa shape index (κ2) is 7.57. The quantitative estimate of drug-likeness (QED) is 0.368. The van der Waals surface area contributed by atoms with Gasteiger partial charge in [-0.25, -0.2) is 0 Å². The van der Waals surface area contributed by atoms with Crippen molar-refractivity contribution in [2.45, 2.75) is 13.0 Å². The second-order valence-corrected chi connectivity index (χ2v) is 7.36. The first-order valence-electron chi connectivity index (χ1n) is 9.16. The molecule has 3 aromatic carbocycles. The molecule has 1 aliphatic rings. The summed E-state index contributed by atoms with van der Waals surface area (Å²) in [5.41, 5.74) is 2.85. The van der Waals surface area contributed by atoms with E-state index in [1.807, 2.05) is 25.1 Å². The molecule has 5 heteroatoms. The number of aliphatic hydroxyl groups is 1. The maximum atomic E-state index is 13.0. The summed E-state index contributed by atoms with van der Waals surface area (Å²) in [7, 11) is 0. The van der Waals surface area contributed by atoms with Crippen LogP contribution in [0.2, 0.25) is 5.02 Å². The van der Waals surface area contributed by atoms with Crippen LogP contribution < -0.4 is 4.90 Å². The molecule has 4 rings (SSSR count). The second-order valence-electron chi connectivity index (χ2n) is 6.92. The number of aryl methyl sites for hydroxylation is 1. The number of hydrogen-bond donors (Lipinski definition) is 1. The molecule has 0 spiro atoms. The molecule has 1 saturated heterocycles. The predicted molar refractivity (Wildman–Crippen MR) is 114 cm³/mol. The number of ketones is 1. The molecule has 0 radical (unpaired) electrons. The van der Waals surface area contributed by atoms with Gasteiger partial charge in [-0.1, -0.05) is 71.8 Å². The van der Waals surface area contributed by atoms with Crippen molar-refractivity contribution in [1.29, 1.82) is 0 Å². The number of rotatable bonds is 3. The SMILES string of the molecule is Cc1ccc(N2C(=O)C(=O)C(=C(O)c3ccccc3)[C@@H]2c2ccc(Cl)cc2)cc1. The average Bonchev–Trinajstić information content (AvgIpc) is 3.00. The minimum atomic E-state index is -0.754. The van der Waals surface area contributed by atoms with Crippen molar-refractivity contribution in [2.24, 2.45) is 0 Å². The molecule has 144 valence electrons. The number of aliphatic hydroxyl groups excluding tert-OH is 1. The van der Waals surface area contributed by atoms with E-state index >= 15 is 0 Å². The Kier molecular flexibility index (Phi) is 4.95. The molecule has 1 atom stereocenters. The third-order valence-electron chi connectivity index (χ3n) is 4.99. The predicted octanol–water partition coefficient (Wildman–Crippen LogP) is 5.27. The number of hydrogen-bond acceptors (Lipinski definition) is 3. The summed E-state index contributed by atoms with van der Waals surface area (Å²) in [6.07, 6.45) is 0. The van der Waals surface area contributed by atoms with Crippen LogP contribution in [0.15, 0.2) is 84.4 Å². The molecule has 1 fully saturated rings. The van der Waals surface area contributed by atoms with Crippen molar-refractivity contribution in [3.8, 4) is 0 Å². The fourth-order valence-electron chi connectivity index (χ4n) is 3.52. The summed E-state index contributed by atoms with van der Waals surface area (Å²) >= 11 is 6.03.